The molecule has 0 bridgehead atoms. The van der Waals surface area contributed by atoms with Gasteiger partial charge in [-0.15, -0.1) is 0 Å². The van der Waals surface area contributed by atoms with Gasteiger partial charge in [0.1, 0.15) is 5.82 Å². The summed E-state index contributed by atoms with van der Waals surface area (Å²) in [6, 6.07) is 5.17. The van der Waals surface area contributed by atoms with Gasteiger partial charge in [-0.05, 0) is 37.5 Å². The molecule has 2 aromatic rings. The second-order valence-electron chi connectivity index (χ2n) is 6.26. The second-order valence-corrected chi connectivity index (χ2v) is 6.26. The maximum Gasteiger partial charge on any atom is 0.337 e. The van der Waals surface area contributed by atoms with Gasteiger partial charge in [0, 0.05) is 31.2 Å². The van der Waals surface area contributed by atoms with Gasteiger partial charge >= 0.3 is 12.0 Å². The van der Waals surface area contributed by atoms with Crippen LogP contribution in [-0.4, -0.2) is 39.6 Å². The van der Waals surface area contributed by atoms with Crippen molar-refractivity contribution >= 4 is 17.7 Å². The highest BCUT2D eigenvalue weighted by molar-refractivity contribution is 5.94. The summed E-state index contributed by atoms with van der Waals surface area (Å²) < 4.78 is 6.65. The van der Waals surface area contributed by atoms with Crippen LogP contribution in [0.25, 0.3) is 0 Å². The lowest BCUT2D eigenvalue weighted by molar-refractivity contribution is 0.0600. The highest BCUT2D eigenvalue weighted by atomic mass is 16.5. The second kappa shape index (κ2) is 6.96. The molecule has 3 rings (SSSR count). The van der Waals surface area contributed by atoms with Gasteiger partial charge in [-0.2, -0.15) is 0 Å². The van der Waals surface area contributed by atoms with Crippen molar-refractivity contribution < 1.29 is 14.3 Å². The first kappa shape index (κ1) is 17.0. The number of amides is 2. The summed E-state index contributed by atoms with van der Waals surface area (Å²) in [6.45, 7) is 2.34. The Kier molecular flexibility index (Phi) is 4.74. The van der Waals surface area contributed by atoms with Crippen LogP contribution in [0.15, 0.2) is 30.6 Å². The Morgan fingerprint density at radius 3 is 2.76 bits per heavy atom. The third-order valence-corrected chi connectivity index (χ3v) is 4.38. The first-order valence-corrected chi connectivity index (χ1v) is 8.22. The van der Waals surface area contributed by atoms with E-state index in [9.17, 15) is 9.59 Å². The number of rotatable bonds is 5. The van der Waals surface area contributed by atoms with Crippen LogP contribution >= 0.6 is 0 Å². The van der Waals surface area contributed by atoms with Gasteiger partial charge in [-0.1, -0.05) is 6.07 Å². The molecule has 1 aliphatic rings. The van der Waals surface area contributed by atoms with Crippen LogP contribution in [0.4, 0.5) is 10.5 Å². The summed E-state index contributed by atoms with van der Waals surface area (Å²) in [5.41, 5.74) is 1.90. The maximum absolute atomic E-state index is 12.8. The molecule has 0 spiro atoms. The van der Waals surface area contributed by atoms with E-state index in [4.69, 9.17) is 4.74 Å². The van der Waals surface area contributed by atoms with E-state index in [1.165, 1.54) is 7.11 Å². The van der Waals surface area contributed by atoms with Crippen LogP contribution in [0.3, 0.4) is 0 Å². The van der Waals surface area contributed by atoms with Crippen LogP contribution in [0.5, 0.6) is 0 Å². The Morgan fingerprint density at radius 1 is 1.40 bits per heavy atom. The molecule has 1 aromatic carbocycles. The van der Waals surface area contributed by atoms with Gasteiger partial charge in [0.2, 0.25) is 0 Å². The number of urea groups is 1. The molecule has 1 heterocycles. The number of nitrogens with zero attached hydrogens (tertiary/aromatic N) is 3. The van der Waals surface area contributed by atoms with Gasteiger partial charge in [-0.25, -0.2) is 14.6 Å². The standard InChI is InChI=1S/C18H22N4O3/c1-12-4-5-13(17(23)25-3)10-15(12)20-18(24)22(14-6-7-14)11-16-19-8-9-21(16)2/h4-5,8-10,14H,6-7,11H2,1-3H3,(H,20,24). The van der Waals surface area contributed by atoms with Crippen LogP contribution in [0, 0.1) is 6.92 Å². The number of benzene rings is 1. The van der Waals surface area contributed by atoms with E-state index < -0.39 is 5.97 Å². The summed E-state index contributed by atoms with van der Waals surface area (Å²) in [7, 11) is 3.25. The lowest BCUT2D eigenvalue weighted by Crippen LogP contribution is -2.37. The van der Waals surface area contributed by atoms with E-state index in [0.717, 1.165) is 24.2 Å². The first-order chi connectivity index (χ1) is 12.0. The monoisotopic (exact) mass is 342 g/mol. The van der Waals surface area contributed by atoms with Gasteiger partial charge in [0.15, 0.2) is 0 Å². The summed E-state index contributed by atoms with van der Waals surface area (Å²) in [5, 5.41) is 2.93. The molecule has 0 unspecified atom stereocenters. The Balaban J connectivity index is 1.77. The molecular formula is C18H22N4O3. The number of aromatic nitrogens is 2. The van der Waals surface area contributed by atoms with Crippen molar-refractivity contribution in [1.82, 2.24) is 14.5 Å². The molecule has 1 N–H and O–H groups in total. The van der Waals surface area contributed by atoms with Crippen molar-refractivity contribution in [2.75, 3.05) is 12.4 Å². The minimum Gasteiger partial charge on any atom is -0.465 e. The molecule has 25 heavy (non-hydrogen) atoms. The van der Waals surface area contributed by atoms with E-state index in [2.05, 4.69) is 10.3 Å². The molecular weight excluding hydrogens is 320 g/mol. The van der Waals surface area contributed by atoms with E-state index >= 15 is 0 Å². The Labute approximate surface area is 146 Å². The molecule has 0 radical (unpaired) electrons. The molecule has 1 aliphatic carbocycles. The number of nitrogens with one attached hydrogen (secondary N) is 1. The molecule has 1 fully saturated rings. The Bertz CT molecular complexity index is 795. The number of carbonyl (C=O) groups excluding carboxylic acids is 2. The van der Waals surface area contributed by atoms with Gasteiger partial charge < -0.3 is 19.5 Å². The lowest BCUT2D eigenvalue weighted by atomic mass is 10.1. The molecule has 1 aromatic heterocycles. The molecule has 132 valence electrons. The minimum atomic E-state index is -0.428. The van der Waals surface area contributed by atoms with Crippen molar-refractivity contribution in [1.29, 1.82) is 0 Å². The van der Waals surface area contributed by atoms with E-state index in [-0.39, 0.29) is 12.1 Å². The summed E-state index contributed by atoms with van der Waals surface area (Å²) in [5.74, 6) is 0.407. The molecule has 0 atom stereocenters. The molecule has 0 aliphatic heterocycles. The predicted octanol–water partition coefficient (Wildman–Crippen LogP) is 2.71. The van der Waals surface area contributed by atoms with Crippen molar-refractivity contribution in [3.63, 3.8) is 0 Å². The number of methoxy groups -OCH3 is 1. The summed E-state index contributed by atoms with van der Waals surface area (Å²) >= 11 is 0. The van der Waals surface area contributed by atoms with E-state index in [1.54, 1.807) is 29.3 Å². The SMILES string of the molecule is COC(=O)c1ccc(C)c(NC(=O)N(Cc2nccn2C)C2CC2)c1. The fourth-order valence-corrected chi connectivity index (χ4v) is 2.64. The highest BCUT2D eigenvalue weighted by Gasteiger charge is 2.33. The molecule has 7 heteroatoms. The van der Waals surface area contributed by atoms with Crippen molar-refractivity contribution in [3.05, 3.63) is 47.5 Å². The first-order valence-electron chi connectivity index (χ1n) is 8.22. The zero-order valence-electron chi connectivity index (χ0n) is 14.7. The molecule has 1 saturated carbocycles. The fourth-order valence-electron chi connectivity index (χ4n) is 2.64. The van der Waals surface area contributed by atoms with Crippen LogP contribution in [0.1, 0.15) is 34.6 Å². The smallest absolute Gasteiger partial charge is 0.337 e. The zero-order chi connectivity index (χ0) is 18.0. The largest absolute Gasteiger partial charge is 0.465 e. The predicted molar refractivity (Wildman–Crippen MR) is 93.3 cm³/mol. The quantitative estimate of drug-likeness (QED) is 0.848. The molecule has 2 amide bonds. The number of anilines is 1. The number of hydrogen-bond donors (Lipinski definition) is 1. The van der Waals surface area contributed by atoms with Gasteiger partial charge in [0.25, 0.3) is 0 Å². The number of imidazole rings is 1. The van der Waals surface area contributed by atoms with Crippen molar-refractivity contribution in [2.24, 2.45) is 7.05 Å². The summed E-state index contributed by atoms with van der Waals surface area (Å²) in [6.07, 6.45) is 5.59. The van der Waals surface area contributed by atoms with Crippen LogP contribution < -0.4 is 5.32 Å². The Hall–Kier alpha value is -2.83. The normalized spacial score (nSPS) is 13.4. The minimum absolute atomic E-state index is 0.185. The van der Waals surface area contributed by atoms with Crippen LogP contribution in [0.2, 0.25) is 0 Å². The fraction of sp³-hybridized carbons (Fsp3) is 0.389. The number of ether oxygens (including phenoxy) is 1. The van der Waals surface area contributed by atoms with Crippen molar-refractivity contribution in [3.8, 4) is 0 Å². The number of carbonyl (C=O) groups is 2. The van der Waals surface area contributed by atoms with Crippen LogP contribution in [-0.2, 0) is 18.3 Å². The zero-order valence-corrected chi connectivity index (χ0v) is 14.7. The van der Waals surface area contributed by atoms with Gasteiger partial charge in [0.05, 0.1) is 19.2 Å². The average Bonchev–Trinajstić information content (AvgIpc) is 3.36. The van der Waals surface area contributed by atoms with E-state index in [0.29, 0.717) is 17.8 Å². The number of hydrogen-bond acceptors (Lipinski definition) is 4. The van der Waals surface area contributed by atoms with E-state index in [1.807, 2.05) is 24.7 Å². The number of esters is 1. The maximum atomic E-state index is 12.8. The Morgan fingerprint density at radius 2 is 2.16 bits per heavy atom. The molecule has 7 nitrogen and oxygen atoms in total. The third-order valence-electron chi connectivity index (χ3n) is 4.38. The number of aryl methyl sites for hydroxylation is 2. The third kappa shape index (κ3) is 3.81. The highest BCUT2D eigenvalue weighted by Crippen LogP contribution is 2.29. The lowest BCUT2D eigenvalue weighted by Gasteiger charge is -2.23. The van der Waals surface area contributed by atoms with Gasteiger partial charge in [-0.3, -0.25) is 0 Å². The summed E-state index contributed by atoms with van der Waals surface area (Å²) in [4.78, 5) is 30.6. The van der Waals surface area contributed by atoms with Crippen molar-refractivity contribution in [2.45, 2.75) is 32.4 Å². The molecule has 0 saturated heterocycles. The average molecular weight is 342 g/mol. The topological polar surface area (TPSA) is 76.5 Å².